The minimum atomic E-state index is -0.560. The van der Waals surface area contributed by atoms with Crippen LogP contribution in [0.1, 0.15) is 28.5 Å². The zero-order valence-corrected chi connectivity index (χ0v) is 15.4. The first-order valence-electron chi connectivity index (χ1n) is 8.30. The lowest BCUT2D eigenvalue weighted by atomic mass is 10.2. The summed E-state index contributed by atoms with van der Waals surface area (Å²) in [6.07, 6.45) is 0.822. The Morgan fingerprint density at radius 2 is 2.12 bits per heavy atom. The summed E-state index contributed by atoms with van der Waals surface area (Å²) in [7, 11) is 0. The van der Waals surface area contributed by atoms with Gasteiger partial charge in [-0.3, -0.25) is 4.79 Å². The predicted molar refractivity (Wildman–Crippen MR) is 98.8 cm³/mol. The first kappa shape index (κ1) is 18.2. The maximum absolute atomic E-state index is 12.6. The Kier molecular flexibility index (Phi) is 5.41. The number of nitrogens with zero attached hydrogens (tertiary/aromatic N) is 2. The number of thioether (sulfide) groups is 1. The monoisotopic (exact) mass is 373 g/mol. The van der Waals surface area contributed by atoms with Crippen LogP contribution in [0.2, 0.25) is 0 Å². The van der Waals surface area contributed by atoms with E-state index in [1.165, 1.54) is 0 Å². The number of para-hydroxylation sites is 1. The number of aromatic nitrogens is 2. The van der Waals surface area contributed by atoms with Gasteiger partial charge >= 0.3 is 11.7 Å². The maximum atomic E-state index is 12.6. The Balaban J connectivity index is 1.79. The van der Waals surface area contributed by atoms with Gasteiger partial charge in [0.2, 0.25) is 5.91 Å². The van der Waals surface area contributed by atoms with Crippen LogP contribution in [0.25, 0.3) is 0 Å². The molecule has 0 unspecified atom stereocenters. The second-order valence-corrected chi connectivity index (χ2v) is 6.74. The number of carbonyl (C=O) groups excluding carboxylic acids is 2. The molecule has 1 amide bonds. The van der Waals surface area contributed by atoms with Crippen molar-refractivity contribution in [3.05, 3.63) is 51.6 Å². The van der Waals surface area contributed by atoms with E-state index in [0.29, 0.717) is 12.2 Å². The fourth-order valence-corrected chi connectivity index (χ4v) is 3.86. The second-order valence-electron chi connectivity index (χ2n) is 5.78. The molecule has 0 saturated heterocycles. The van der Waals surface area contributed by atoms with Gasteiger partial charge in [0, 0.05) is 17.9 Å². The molecular weight excluding hydrogens is 354 g/mol. The van der Waals surface area contributed by atoms with Crippen molar-refractivity contribution in [2.45, 2.75) is 25.3 Å². The van der Waals surface area contributed by atoms with Crippen LogP contribution in [0.4, 0.5) is 5.69 Å². The normalized spacial score (nSPS) is 12.8. The van der Waals surface area contributed by atoms with Crippen molar-refractivity contribution in [3.8, 4) is 0 Å². The summed E-state index contributed by atoms with van der Waals surface area (Å²) < 4.78 is 5.03. The van der Waals surface area contributed by atoms with Gasteiger partial charge in [0.05, 0.1) is 12.4 Å². The molecule has 0 aliphatic carbocycles. The van der Waals surface area contributed by atoms with Crippen LogP contribution in [0.5, 0.6) is 0 Å². The largest absolute Gasteiger partial charge is 0.462 e. The lowest BCUT2D eigenvalue weighted by Gasteiger charge is -2.17. The molecule has 7 nitrogen and oxygen atoms in total. The van der Waals surface area contributed by atoms with E-state index in [0.717, 1.165) is 29.4 Å². The molecule has 1 aromatic carbocycles. The summed E-state index contributed by atoms with van der Waals surface area (Å²) in [4.78, 5) is 44.6. The lowest BCUT2D eigenvalue weighted by Crippen LogP contribution is -2.30. The van der Waals surface area contributed by atoms with E-state index in [4.69, 9.17) is 4.74 Å². The summed E-state index contributed by atoms with van der Waals surface area (Å²) in [6.45, 7) is 4.15. The van der Waals surface area contributed by atoms with E-state index in [1.807, 2.05) is 24.3 Å². The number of fused-ring (bicyclic) bond motifs is 1. The molecule has 2 aromatic rings. The molecule has 0 saturated carbocycles. The first-order valence-corrected chi connectivity index (χ1v) is 9.29. The van der Waals surface area contributed by atoms with E-state index >= 15 is 0 Å². The fraction of sp³-hybridized carbons (Fsp3) is 0.333. The van der Waals surface area contributed by atoms with Crippen molar-refractivity contribution in [2.24, 2.45) is 0 Å². The van der Waals surface area contributed by atoms with E-state index in [2.05, 4.69) is 9.97 Å². The number of aromatic amines is 1. The topological polar surface area (TPSA) is 92.4 Å². The summed E-state index contributed by atoms with van der Waals surface area (Å²) in [6, 6.07) is 7.79. The van der Waals surface area contributed by atoms with Gasteiger partial charge in [-0.15, -0.1) is 0 Å². The van der Waals surface area contributed by atoms with Crippen molar-refractivity contribution in [1.82, 2.24) is 9.97 Å². The van der Waals surface area contributed by atoms with E-state index < -0.39 is 11.7 Å². The van der Waals surface area contributed by atoms with Crippen LogP contribution in [0.3, 0.4) is 0 Å². The molecular formula is C18H19N3O4S. The Labute approximate surface area is 154 Å². The van der Waals surface area contributed by atoms with Gasteiger partial charge in [-0.25, -0.2) is 9.59 Å². The van der Waals surface area contributed by atoms with Crippen LogP contribution in [-0.2, 0) is 16.0 Å². The van der Waals surface area contributed by atoms with Gasteiger partial charge in [0.15, 0.2) is 0 Å². The molecule has 2 heterocycles. The van der Waals surface area contributed by atoms with Gasteiger partial charge in [0.1, 0.15) is 10.6 Å². The number of anilines is 1. The number of nitrogens with one attached hydrogen (secondary N) is 1. The van der Waals surface area contributed by atoms with Crippen molar-refractivity contribution in [1.29, 1.82) is 0 Å². The summed E-state index contributed by atoms with van der Waals surface area (Å²) >= 11 is 1.08. The number of ether oxygens (including phenoxy) is 1. The second kappa shape index (κ2) is 7.74. The number of amides is 1. The highest BCUT2D eigenvalue weighted by atomic mass is 32.2. The van der Waals surface area contributed by atoms with Crippen LogP contribution in [0.15, 0.2) is 34.1 Å². The molecule has 0 atom stereocenters. The minimum Gasteiger partial charge on any atom is -0.462 e. The molecule has 0 fully saturated rings. The van der Waals surface area contributed by atoms with Gasteiger partial charge < -0.3 is 14.6 Å². The number of aryl methyl sites for hydroxylation is 1. The van der Waals surface area contributed by atoms with E-state index in [9.17, 15) is 14.4 Å². The lowest BCUT2D eigenvalue weighted by molar-refractivity contribution is -0.116. The Bertz CT molecular complexity index is 910. The van der Waals surface area contributed by atoms with E-state index in [1.54, 1.807) is 18.7 Å². The Morgan fingerprint density at radius 1 is 1.35 bits per heavy atom. The van der Waals surface area contributed by atoms with Crippen molar-refractivity contribution in [2.75, 3.05) is 23.8 Å². The Hall–Kier alpha value is -2.61. The summed E-state index contributed by atoms with van der Waals surface area (Å²) in [5, 5.41) is 0.213. The number of hydrogen-bond acceptors (Lipinski definition) is 6. The van der Waals surface area contributed by atoms with Crippen LogP contribution in [0, 0.1) is 6.92 Å². The Morgan fingerprint density at radius 3 is 2.88 bits per heavy atom. The highest BCUT2D eigenvalue weighted by molar-refractivity contribution is 8.00. The molecule has 3 rings (SSSR count). The van der Waals surface area contributed by atoms with Crippen LogP contribution >= 0.6 is 11.8 Å². The van der Waals surface area contributed by atoms with Gasteiger partial charge in [-0.1, -0.05) is 30.0 Å². The third-order valence-corrected chi connectivity index (χ3v) is 5.05. The molecule has 136 valence electrons. The summed E-state index contributed by atoms with van der Waals surface area (Å²) in [5.74, 6) is -0.568. The molecule has 0 bridgehead atoms. The van der Waals surface area contributed by atoms with Crippen LogP contribution in [-0.4, -0.2) is 40.7 Å². The van der Waals surface area contributed by atoms with Gasteiger partial charge in [-0.2, -0.15) is 4.98 Å². The molecule has 1 aromatic heterocycles. The van der Waals surface area contributed by atoms with Crippen molar-refractivity contribution in [3.63, 3.8) is 0 Å². The quantitative estimate of drug-likeness (QED) is 0.489. The average Bonchev–Trinajstić information content (AvgIpc) is 3.03. The number of H-pyrrole nitrogens is 1. The minimum absolute atomic E-state index is 0.0800. The highest BCUT2D eigenvalue weighted by Crippen LogP contribution is 2.29. The average molecular weight is 373 g/mol. The molecule has 1 aliphatic rings. The first-order chi connectivity index (χ1) is 12.5. The summed E-state index contributed by atoms with van der Waals surface area (Å²) in [5.41, 5.74) is 2.08. The standard InChI is InChI=1S/C18H19N3O4S/c1-3-25-17(23)15-11(2)19-18(24)20-16(15)26-10-14(22)21-9-8-12-6-4-5-7-13(12)21/h4-7H,3,8-10H2,1-2H3,(H,19,20,24). The third kappa shape index (κ3) is 3.65. The zero-order chi connectivity index (χ0) is 18.7. The molecule has 26 heavy (non-hydrogen) atoms. The SMILES string of the molecule is CCOC(=O)c1c(SCC(=O)N2CCc3ccccc32)nc(=O)[nH]c1C. The molecule has 1 aliphatic heterocycles. The maximum Gasteiger partial charge on any atom is 0.346 e. The third-order valence-electron chi connectivity index (χ3n) is 4.09. The van der Waals surface area contributed by atoms with Gasteiger partial charge in [0.25, 0.3) is 0 Å². The predicted octanol–water partition coefficient (Wildman–Crippen LogP) is 1.94. The van der Waals surface area contributed by atoms with E-state index in [-0.39, 0.29) is 28.9 Å². The number of rotatable bonds is 5. The van der Waals surface area contributed by atoms with Crippen molar-refractivity contribution >= 4 is 29.3 Å². The molecule has 0 radical (unpaired) electrons. The van der Waals surface area contributed by atoms with Gasteiger partial charge in [-0.05, 0) is 31.9 Å². The molecule has 1 N–H and O–H groups in total. The molecule has 0 spiro atoms. The fourth-order valence-electron chi connectivity index (χ4n) is 2.91. The molecule has 8 heteroatoms. The van der Waals surface area contributed by atoms with Crippen LogP contribution < -0.4 is 10.6 Å². The number of esters is 1. The zero-order valence-electron chi connectivity index (χ0n) is 14.6. The smallest absolute Gasteiger partial charge is 0.346 e. The number of hydrogen-bond donors (Lipinski definition) is 1. The highest BCUT2D eigenvalue weighted by Gasteiger charge is 2.25. The van der Waals surface area contributed by atoms with Crippen molar-refractivity contribution < 1.29 is 14.3 Å². The number of benzene rings is 1. The number of carbonyl (C=O) groups is 2.